The van der Waals surface area contributed by atoms with E-state index in [4.69, 9.17) is 10.2 Å². The molecule has 0 radical (unpaired) electrons. The van der Waals surface area contributed by atoms with E-state index in [2.05, 4.69) is 12.2 Å². The molecule has 0 aromatic carbocycles. The predicted molar refractivity (Wildman–Crippen MR) is 84.9 cm³/mol. The summed E-state index contributed by atoms with van der Waals surface area (Å²) in [5.41, 5.74) is 0. The van der Waals surface area contributed by atoms with Gasteiger partial charge in [-0.25, -0.2) is 4.79 Å². The fourth-order valence-corrected chi connectivity index (χ4v) is 2.35. The highest BCUT2D eigenvalue weighted by molar-refractivity contribution is 5.84. The predicted octanol–water partition coefficient (Wildman–Crippen LogP) is 2.40. The van der Waals surface area contributed by atoms with Gasteiger partial charge in [-0.1, -0.05) is 64.7 Å². The number of carboxylic acid groups (broad SMARTS) is 2. The first kappa shape index (κ1) is 20.9. The Hall–Kier alpha value is -1.14. The molecule has 6 nitrogen and oxygen atoms in total. The summed E-state index contributed by atoms with van der Waals surface area (Å²) in [5, 5.41) is 29.4. The summed E-state index contributed by atoms with van der Waals surface area (Å²) in [6.07, 6.45) is 9.88. The SMILES string of the molecule is CCCCCCCCCCCCNC(C(=O)O)C(O)C(=O)O. The second kappa shape index (κ2) is 13.5. The van der Waals surface area contributed by atoms with Gasteiger partial charge in [0.15, 0.2) is 6.10 Å². The van der Waals surface area contributed by atoms with Crippen molar-refractivity contribution in [2.24, 2.45) is 0 Å². The number of nitrogens with one attached hydrogen (secondary N) is 1. The molecular weight excluding hydrogens is 286 g/mol. The molecule has 0 amide bonds. The number of aliphatic hydroxyl groups excluding tert-OH is 1. The maximum atomic E-state index is 10.9. The minimum Gasteiger partial charge on any atom is -0.480 e. The van der Waals surface area contributed by atoms with E-state index in [1.165, 1.54) is 44.9 Å². The fourth-order valence-electron chi connectivity index (χ4n) is 2.35. The normalized spacial score (nSPS) is 13.7. The molecule has 0 aliphatic carbocycles. The quantitative estimate of drug-likeness (QED) is 0.346. The third kappa shape index (κ3) is 10.6. The number of carboxylic acids is 2. The monoisotopic (exact) mass is 317 g/mol. The summed E-state index contributed by atoms with van der Waals surface area (Å²) in [5.74, 6) is -2.87. The highest BCUT2D eigenvalue weighted by Gasteiger charge is 2.31. The average molecular weight is 317 g/mol. The van der Waals surface area contributed by atoms with Gasteiger partial charge in [-0.2, -0.15) is 0 Å². The third-order valence-corrected chi connectivity index (χ3v) is 3.73. The number of rotatable bonds is 15. The van der Waals surface area contributed by atoms with Gasteiger partial charge in [0.1, 0.15) is 6.04 Å². The van der Waals surface area contributed by atoms with Crippen LogP contribution in [0.3, 0.4) is 0 Å². The number of hydrogen-bond acceptors (Lipinski definition) is 4. The molecule has 0 rings (SSSR count). The maximum absolute atomic E-state index is 10.9. The van der Waals surface area contributed by atoms with E-state index in [1.807, 2.05) is 0 Å². The molecule has 4 N–H and O–H groups in total. The second-order valence-corrected chi connectivity index (χ2v) is 5.74. The molecule has 2 atom stereocenters. The van der Waals surface area contributed by atoms with Crippen LogP contribution < -0.4 is 5.32 Å². The van der Waals surface area contributed by atoms with Crippen LogP contribution in [0.25, 0.3) is 0 Å². The molecule has 0 aliphatic rings. The van der Waals surface area contributed by atoms with Crippen LogP contribution in [-0.2, 0) is 9.59 Å². The maximum Gasteiger partial charge on any atom is 0.334 e. The first-order valence-corrected chi connectivity index (χ1v) is 8.37. The third-order valence-electron chi connectivity index (χ3n) is 3.73. The van der Waals surface area contributed by atoms with Crippen LogP contribution in [-0.4, -0.2) is 45.9 Å². The van der Waals surface area contributed by atoms with Crippen LogP contribution in [0.15, 0.2) is 0 Å². The highest BCUT2D eigenvalue weighted by Crippen LogP contribution is 2.10. The lowest BCUT2D eigenvalue weighted by Crippen LogP contribution is -2.49. The van der Waals surface area contributed by atoms with Crippen molar-refractivity contribution in [3.63, 3.8) is 0 Å². The van der Waals surface area contributed by atoms with Crippen molar-refractivity contribution in [3.05, 3.63) is 0 Å². The summed E-state index contributed by atoms with van der Waals surface area (Å²) in [6, 6.07) is -1.45. The minimum atomic E-state index is -1.92. The molecule has 130 valence electrons. The topological polar surface area (TPSA) is 107 Å². The number of aliphatic hydroxyl groups is 1. The fraction of sp³-hybridized carbons (Fsp3) is 0.875. The van der Waals surface area contributed by atoms with E-state index in [-0.39, 0.29) is 0 Å². The van der Waals surface area contributed by atoms with Gasteiger partial charge in [0.05, 0.1) is 0 Å². The Balaban J connectivity index is 3.54. The van der Waals surface area contributed by atoms with Crippen LogP contribution in [0.5, 0.6) is 0 Å². The average Bonchev–Trinajstić information content (AvgIpc) is 2.47. The van der Waals surface area contributed by atoms with Gasteiger partial charge in [-0.3, -0.25) is 4.79 Å². The molecule has 2 unspecified atom stereocenters. The van der Waals surface area contributed by atoms with Crippen molar-refractivity contribution in [1.82, 2.24) is 5.32 Å². The Morgan fingerprint density at radius 1 is 0.818 bits per heavy atom. The van der Waals surface area contributed by atoms with E-state index in [9.17, 15) is 14.7 Å². The second-order valence-electron chi connectivity index (χ2n) is 5.74. The Morgan fingerprint density at radius 2 is 1.27 bits per heavy atom. The van der Waals surface area contributed by atoms with E-state index < -0.39 is 24.1 Å². The van der Waals surface area contributed by atoms with Gasteiger partial charge in [-0.05, 0) is 13.0 Å². The van der Waals surface area contributed by atoms with Gasteiger partial charge in [-0.15, -0.1) is 0 Å². The standard InChI is InChI=1S/C16H31NO5/c1-2-3-4-5-6-7-8-9-10-11-12-17-13(15(19)20)14(18)16(21)22/h13-14,17-18H,2-12H2,1H3,(H,19,20)(H,21,22). The zero-order chi connectivity index (χ0) is 16.8. The Bertz CT molecular complexity index is 309. The van der Waals surface area contributed by atoms with Crippen molar-refractivity contribution in [2.45, 2.75) is 83.3 Å². The van der Waals surface area contributed by atoms with E-state index in [1.54, 1.807) is 0 Å². The van der Waals surface area contributed by atoms with Crippen LogP contribution in [0.1, 0.15) is 71.1 Å². The zero-order valence-corrected chi connectivity index (χ0v) is 13.6. The van der Waals surface area contributed by atoms with E-state index >= 15 is 0 Å². The van der Waals surface area contributed by atoms with Crippen molar-refractivity contribution in [2.75, 3.05) is 6.54 Å². The summed E-state index contributed by atoms with van der Waals surface area (Å²) in [6.45, 7) is 2.61. The molecule has 0 fully saturated rings. The van der Waals surface area contributed by atoms with Gasteiger partial charge < -0.3 is 20.6 Å². The molecule has 0 bridgehead atoms. The van der Waals surface area contributed by atoms with Gasteiger partial charge in [0.2, 0.25) is 0 Å². The van der Waals surface area contributed by atoms with Gasteiger partial charge in [0, 0.05) is 0 Å². The summed E-state index contributed by atoms with van der Waals surface area (Å²) in [7, 11) is 0. The highest BCUT2D eigenvalue weighted by atomic mass is 16.4. The molecular formula is C16H31NO5. The lowest BCUT2D eigenvalue weighted by molar-refractivity contribution is -0.156. The first-order chi connectivity index (χ1) is 10.5. The molecule has 0 spiro atoms. The molecule has 0 heterocycles. The van der Waals surface area contributed by atoms with Gasteiger partial charge >= 0.3 is 11.9 Å². The van der Waals surface area contributed by atoms with E-state index in [0.717, 1.165) is 19.3 Å². The van der Waals surface area contributed by atoms with Gasteiger partial charge in [0.25, 0.3) is 0 Å². The number of hydrogen-bond donors (Lipinski definition) is 4. The number of carbonyl (C=O) groups is 2. The van der Waals surface area contributed by atoms with Crippen LogP contribution in [0.4, 0.5) is 0 Å². The van der Waals surface area contributed by atoms with Crippen molar-refractivity contribution in [1.29, 1.82) is 0 Å². The number of unbranched alkanes of at least 4 members (excludes halogenated alkanes) is 9. The minimum absolute atomic E-state index is 0.401. The van der Waals surface area contributed by atoms with Crippen LogP contribution >= 0.6 is 0 Å². The van der Waals surface area contributed by atoms with Crippen LogP contribution in [0.2, 0.25) is 0 Å². The van der Waals surface area contributed by atoms with E-state index in [0.29, 0.717) is 6.54 Å². The zero-order valence-electron chi connectivity index (χ0n) is 13.6. The largest absolute Gasteiger partial charge is 0.480 e. The molecule has 0 saturated heterocycles. The van der Waals surface area contributed by atoms with Crippen molar-refractivity contribution >= 4 is 11.9 Å². The Labute approximate surface area is 132 Å². The first-order valence-electron chi connectivity index (χ1n) is 8.37. The molecule has 0 aromatic heterocycles. The molecule has 6 heteroatoms. The molecule has 0 aliphatic heterocycles. The summed E-state index contributed by atoms with van der Waals surface area (Å²) < 4.78 is 0. The molecule has 22 heavy (non-hydrogen) atoms. The summed E-state index contributed by atoms with van der Waals surface area (Å²) >= 11 is 0. The summed E-state index contributed by atoms with van der Waals surface area (Å²) in [4.78, 5) is 21.5. The lowest BCUT2D eigenvalue weighted by Gasteiger charge is -2.17. The molecule has 0 saturated carbocycles. The van der Waals surface area contributed by atoms with Crippen molar-refractivity contribution < 1.29 is 24.9 Å². The van der Waals surface area contributed by atoms with Crippen molar-refractivity contribution in [3.8, 4) is 0 Å². The number of aliphatic carboxylic acids is 2. The molecule has 0 aromatic rings. The van der Waals surface area contributed by atoms with Crippen LogP contribution in [0, 0.1) is 0 Å². The smallest absolute Gasteiger partial charge is 0.334 e. The Morgan fingerprint density at radius 3 is 1.68 bits per heavy atom. The Kier molecular flexibility index (Phi) is 12.8. The lowest BCUT2D eigenvalue weighted by atomic mass is 10.1.